The minimum Gasteiger partial charge on any atom is -0.478 e. The molecule has 0 spiro atoms. The summed E-state index contributed by atoms with van der Waals surface area (Å²) in [6.07, 6.45) is -0.720. The van der Waals surface area contributed by atoms with Gasteiger partial charge in [0.2, 0.25) is 5.91 Å². The number of rotatable bonds is 3. The molecule has 0 fully saturated rings. The van der Waals surface area contributed by atoms with Crippen molar-refractivity contribution in [3.8, 4) is 5.75 Å². The van der Waals surface area contributed by atoms with Gasteiger partial charge in [0.15, 0.2) is 6.10 Å². The molecule has 1 aromatic carbocycles. The van der Waals surface area contributed by atoms with Crippen LogP contribution in [0.3, 0.4) is 0 Å². The first kappa shape index (κ1) is 14.3. The number of ether oxygens (including phenoxy) is 1. The number of hydrogen-bond donors (Lipinski definition) is 3. The molecule has 98 valence electrons. The number of benzene rings is 1. The lowest BCUT2D eigenvalue weighted by Crippen LogP contribution is -2.45. The van der Waals surface area contributed by atoms with Crippen LogP contribution in [0.5, 0.6) is 5.75 Å². The molecule has 0 unspecified atom stereocenters. The van der Waals surface area contributed by atoms with Crippen LogP contribution in [-0.4, -0.2) is 24.0 Å². The van der Waals surface area contributed by atoms with Gasteiger partial charge in [0, 0.05) is 6.42 Å². The number of amides is 2. The van der Waals surface area contributed by atoms with Gasteiger partial charge in [0.1, 0.15) is 5.75 Å². The second-order valence-corrected chi connectivity index (χ2v) is 3.84. The summed E-state index contributed by atoms with van der Waals surface area (Å²) in [6.45, 7) is 0. The highest BCUT2D eigenvalue weighted by atomic mass is 35.5. The molecule has 2 atom stereocenters. The molecule has 1 heterocycles. The van der Waals surface area contributed by atoms with Gasteiger partial charge in [-0.2, -0.15) is 0 Å². The molecule has 18 heavy (non-hydrogen) atoms. The maximum atomic E-state index is 11.7. The summed E-state index contributed by atoms with van der Waals surface area (Å²) in [5.74, 6) is -0.408. The molecule has 6 nitrogen and oxygen atoms in total. The normalized spacial score (nSPS) is 18.7. The number of primary amides is 1. The lowest BCUT2D eigenvalue weighted by atomic mass is 10.1. The maximum Gasteiger partial charge on any atom is 0.265 e. The average molecular weight is 272 g/mol. The Kier molecular flexibility index (Phi) is 4.52. The molecule has 7 heteroatoms. The summed E-state index contributed by atoms with van der Waals surface area (Å²) in [5.41, 5.74) is 11.1. The van der Waals surface area contributed by atoms with Crippen molar-refractivity contribution in [1.29, 1.82) is 0 Å². The zero-order valence-electron chi connectivity index (χ0n) is 9.46. The van der Waals surface area contributed by atoms with Crippen molar-refractivity contribution in [3.63, 3.8) is 0 Å². The van der Waals surface area contributed by atoms with Crippen LogP contribution in [0.15, 0.2) is 24.3 Å². The minimum absolute atomic E-state index is 0. The smallest absolute Gasteiger partial charge is 0.265 e. The predicted molar refractivity (Wildman–Crippen MR) is 68.5 cm³/mol. The first-order valence-electron chi connectivity index (χ1n) is 5.19. The summed E-state index contributed by atoms with van der Waals surface area (Å²) in [7, 11) is 0. The number of para-hydroxylation sites is 2. The Hall–Kier alpha value is -1.79. The monoisotopic (exact) mass is 271 g/mol. The van der Waals surface area contributed by atoms with E-state index < -0.39 is 18.1 Å². The van der Waals surface area contributed by atoms with Crippen LogP contribution in [0.2, 0.25) is 0 Å². The highest BCUT2D eigenvalue weighted by Crippen LogP contribution is 2.29. The highest BCUT2D eigenvalue weighted by Gasteiger charge is 2.30. The van der Waals surface area contributed by atoms with Crippen molar-refractivity contribution >= 4 is 29.9 Å². The van der Waals surface area contributed by atoms with Crippen molar-refractivity contribution in [2.45, 2.75) is 18.6 Å². The molecule has 0 saturated carbocycles. The molecular formula is C11H14ClN3O3. The number of halogens is 1. The fraction of sp³-hybridized carbons (Fsp3) is 0.273. The zero-order chi connectivity index (χ0) is 12.4. The third-order valence-electron chi connectivity index (χ3n) is 2.54. The summed E-state index contributed by atoms with van der Waals surface area (Å²) >= 11 is 0. The molecule has 0 saturated heterocycles. The molecule has 0 bridgehead atoms. The van der Waals surface area contributed by atoms with Crippen LogP contribution < -0.4 is 21.5 Å². The van der Waals surface area contributed by atoms with Crippen LogP contribution in [0.1, 0.15) is 6.42 Å². The predicted octanol–water partition coefficient (Wildman–Crippen LogP) is 0.0106. The van der Waals surface area contributed by atoms with Gasteiger partial charge < -0.3 is 21.5 Å². The highest BCUT2D eigenvalue weighted by molar-refractivity contribution is 5.98. The quantitative estimate of drug-likeness (QED) is 0.720. The summed E-state index contributed by atoms with van der Waals surface area (Å²) in [6, 6.07) is 6.16. The Morgan fingerprint density at radius 2 is 2.11 bits per heavy atom. The second kappa shape index (κ2) is 5.70. The molecular weight excluding hydrogens is 258 g/mol. The van der Waals surface area contributed by atoms with E-state index in [1.54, 1.807) is 24.3 Å². The number of carbonyl (C=O) groups is 2. The van der Waals surface area contributed by atoms with Crippen LogP contribution in [0.25, 0.3) is 0 Å². The molecule has 0 aromatic heterocycles. The van der Waals surface area contributed by atoms with Crippen LogP contribution in [0.4, 0.5) is 5.69 Å². The van der Waals surface area contributed by atoms with Crippen molar-refractivity contribution in [1.82, 2.24) is 0 Å². The number of nitrogens with one attached hydrogen (secondary N) is 1. The van der Waals surface area contributed by atoms with Crippen molar-refractivity contribution in [2.24, 2.45) is 11.5 Å². The Bertz CT molecular complexity index is 467. The third-order valence-corrected chi connectivity index (χ3v) is 2.54. The Balaban J connectivity index is 0.00000162. The first-order chi connectivity index (χ1) is 8.08. The first-order valence-corrected chi connectivity index (χ1v) is 5.19. The number of fused-ring (bicyclic) bond motifs is 1. The standard InChI is InChI=1S/C11H13N3O3.ClH/c12-6(10(13)15)5-9-11(16)14-7-3-1-2-4-8(7)17-9;/h1-4,6,9H,5,12H2,(H2,13,15)(H,14,16);1H/t6-,9-;/m0./s1. The molecule has 0 radical (unpaired) electrons. The molecule has 1 aliphatic heterocycles. The molecule has 2 rings (SSSR count). The van der Waals surface area contributed by atoms with Crippen molar-refractivity contribution < 1.29 is 14.3 Å². The fourth-order valence-corrected chi connectivity index (χ4v) is 1.59. The van der Waals surface area contributed by atoms with Gasteiger partial charge in [-0.3, -0.25) is 9.59 Å². The number of nitrogens with two attached hydrogens (primary N) is 2. The molecule has 2 amide bonds. The van der Waals surface area contributed by atoms with Gasteiger partial charge in [-0.1, -0.05) is 12.1 Å². The molecule has 1 aromatic rings. The van der Waals surface area contributed by atoms with E-state index in [1.165, 1.54) is 0 Å². The van der Waals surface area contributed by atoms with E-state index in [4.69, 9.17) is 16.2 Å². The van der Waals surface area contributed by atoms with Gasteiger partial charge >= 0.3 is 0 Å². The minimum atomic E-state index is -0.893. The van der Waals surface area contributed by atoms with E-state index >= 15 is 0 Å². The van der Waals surface area contributed by atoms with E-state index in [0.29, 0.717) is 11.4 Å². The van der Waals surface area contributed by atoms with Gasteiger partial charge in [0.05, 0.1) is 11.7 Å². The number of anilines is 1. The molecule has 0 aliphatic carbocycles. The van der Waals surface area contributed by atoms with E-state index in [-0.39, 0.29) is 24.7 Å². The summed E-state index contributed by atoms with van der Waals surface area (Å²) in [5, 5.41) is 2.68. The maximum absolute atomic E-state index is 11.7. The van der Waals surface area contributed by atoms with Crippen LogP contribution >= 0.6 is 12.4 Å². The van der Waals surface area contributed by atoms with Gasteiger partial charge in [0.25, 0.3) is 5.91 Å². The average Bonchev–Trinajstić information content (AvgIpc) is 2.29. The number of hydrogen-bond acceptors (Lipinski definition) is 4. The second-order valence-electron chi connectivity index (χ2n) is 3.84. The summed E-state index contributed by atoms with van der Waals surface area (Å²) < 4.78 is 5.47. The zero-order valence-corrected chi connectivity index (χ0v) is 10.3. The van der Waals surface area contributed by atoms with E-state index in [2.05, 4.69) is 5.32 Å². The Morgan fingerprint density at radius 3 is 2.78 bits per heavy atom. The molecule has 5 N–H and O–H groups in total. The Labute approximate surface area is 110 Å². The van der Waals surface area contributed by atoms with Crippen LogP contribution in [0, 0.1) is 0 Å². The lowest BCUT2D eigenvalue weighted by molar-refractivity contribution is -0.125. The largest absolute Gasteiger partial charge is 0.478 e. The molecule has 1 aliphatic rings. The lowest BCUT2D eigenvalue weighted by Gasteiger charge is -2.26. The number of carbonyl (C=O) groups excluding carboxylic acids is 2. The third kappa shape index (κ3) is 2.91. The van der Waals surface area contributed by atoms with Gasteiger partial charge in [-0.15, -0.1) is 12.4 Å². The van der Waals surface area contributed by atoms with Gasteiger partial charge in [-0.25, -0.2) is 0 Å². The topological polar surface area (TPSA) is 107 Å². The van der Waals surface area contributed by atoms with E-state index in [0.717, 1.165) is 0 Å². The summed E-state index contributed by atoms with van der Waals surface area (Å²) in [4.78, 5) is 22.5. The van der Waals surface area contributed by atoms with Crippen LogP contribution in [-0.2, 0) is 9.59 Å². The SMILES string of the molecule is Cl.NC(=O)[C@@H](N)C[C@@H]1Oc2ccccc2NC1=O. The van der Waals surface area contributed by atoms with Crippen molar-refractivity contribution in [2.75, 3.05) is 5.32 Å². The fourth-order valence-electron chi connectivity index (χ4n) is 1.59. The van der Waals surface area contributed by atoms with E-state index in [9.17, 15) is 9.59 Å². The van der Waals surface area contributed by atoms with Gasteiger partial charge in [-0.05, 0) is 12.1 Å². The van der Waals surface area contributed by atoms with E-state index in [1.807, 2.05) is 0 Å². The Morgan fingerprint density at radius 1 is 1.44 bits per heavy atom. The van der Waals surface area contributed by atoms with Crippen molar-refractivity contribution in [3.05, 3.63) is 24.3 Å².